The van der Waals surface area contributed by atoms with Gasteiger partial charge in [0.05, 0.1) is 6.33 Å². The number of halogens is 1. The fraction of sp³-hybridized carbons (Fsp3) is 0.429. The number of aliphatic hydroxyl groups excluding tert-OH is 1. The van der Waals surface area contributed by atoms with E-state index in [0.717, 1.165) is 0 Å². The molecule has 4 nitrogen and oxygen atoms in total. The number of rotatable bonds is 3. The van der Waals surface area contributed by atoms with Gasteiger partial charge in [0.1, 0.15) is 5.15 Å². The van der Waals surface area contributed by atoms with Gasteiger partial charge in [0, 0.05) is 19.2 Å². The maximum Gasteiger partial charge on any atom is 0.254 e. The molecule has 12 heavy (non-hydrogen) atoms. The van der Waals surface area contributed by atoms with E-state index in [9.17, 15) is 4.79 Å². The Morgan fingerprint density at radius 1 is 1.67 bits per heavy atom. The lowest BCUT2D eigenvalue weighted by molar-refractivity contribution is 0.278. The number of aliphatic hydroxyl groups is 1. The van der Waals surface area contributed by atoms with Gasteiger partial charge in [-0.25, -0.2) is 4.98 Å². The maximum absolute atomic E-state index is 11.1. The average molecular weight is 189 g/mol. The normalized spacial score (nSPS) is 10.2. The summed E-state index contributed by atoms with van der Waals surface area (Å²) in [5, 5.41) is 8.71. The lowest BCUT2D eigenvalue weighted by Gasteiger charge is -2.01. The van der Waals surface area contributed by atoms with Crippen LogP contribution in [0.25, 0.3) is 0 Å². The highest BCUT2D eigenvalue weighted by molar-refractivity contribution is 6.29. The Bertz CT molecular complexity index is 311. The van der Waals surface area contributed by atoms with E-state index in [0.29, 0.717) is 13.0 Å². The predicted octanol–water partition coefficient (Wildman–Crippen LogP) is 0.279. The van der Waals surface area contributed by atoms with E-state index in [1.165, 1.54) is 17.0 Å². The quantitative estimate of drug-likeness (QED) is 0.694. The van der Waals surface area contributed by atoms with Gasteiger partial charge in [-0.3, -0.25) is 9.36 Å². The molecule has 66 valence electrons. The standard InChI is InChI=1S/C7H9ClN2O2/c8-6-4-7(12)10(5-9-6)2-1-3-11/h4-5,11H,1-3H2. The van der Waals surface area contributed by atoms with Crippen molar-refractivity contribution in [1.82, 2.24) is 9.55 Å². The van der Waals surface area contributed by atoms with Gasteiger partial charge in [-0.1, -0.05) is 11.6 Å². The minimum atomic E-state index is -0.191. The first-order valence-corrected chi connectivity index (χ1v) is 3.94. The number of aromatic nitrogens is 2. The molecule has 0 aromatic carbocycles. The van der Waals surface area contributed by atoms with E-state index >= 15 is 0 Å². The van der Waals surface area contributed by atoms with Crippen LogP contribution in [0.15, 0.2) is 17.2 Å². The van der Waals surface area contributed by atoms with Crippen LogP contribution in [0.4, 0.5) is 0 Å². The molecule has 0 amide bonds. The van der Waals surface area contributed by atoms with Gasteiger partial charge in [0.25, 0.3) is 5.56 Å². The third-order valence-electron chi connectivity index (χ3n) is 1.40. The second-order valence-corrected chi connectivity index (χ2v) is 2.71. The van der Waals surface area contributed by atoms with Crippen LogP contribution in [-0.2, 0) is 6.54 Å². The van der Waals surface area contributed by atoms with Crippen LogP contribution in [0.5, 0.6) is 0 Å². The molecule has 0 radical (unpaired) electrons. The topological polar surface area (TPSA) is 55.1 Å². The summed E-state index contributed by atoms with van der Waals surface area (Å²) in [6.45, 7) is 0.536. The van der Waals surface area contributed by atoms with Crippen molar-refractivity contribution in [2.75, 3.05) is 6.61 Å². The second-order valence-electron chi connectivity index (χ2n) is 2.32. The highest BCUT2D eigenvalue weighted by Gasteiger charge is 1.96. The van der Waals surface area contributed by atoms with Gasteiger partial charge in [0.15, 0.2) is 0 Å². The van der Waals surface area contributed by atoms with E-state index < -0.39 is 0 Å². The average Bonchev–Trinajstić information content (AvgIpc) is 2.03. The zero-order valence-corrected chi connectivity index (χ0v) is 7.16. The van der Waals surface area contributed by atoms with Crippen molar-refractivity contribution < 1.29 is 5.11 Å². The summed E-state index contributed by atoms with van der Waals surface area (Å²) in [5.74, 6) is 0. The summed E-state index contributed by atoms with van der Waals surface area (Å²) in [6.07, 6.45) is 1.92. The molecule has 0 aliphatic rings. The van der Waals surface area contributed by atoms with Crippen LogP contribution in [0, 0.1) is 0 Å². The van der Waals surface area contributed by atoms with Gasteiger partial charge in [-0.2, -0.15) is 0 Å². The molecule has 0 saturated heterocycles. The summed E-state index contributed by atoms with van der Waals surface area (Å²) in [7, 11) is 0. The van der Waals surface area contributed by atoms with Crippen molar-refractivity contribution in [1.29, 1.82) is 0 Å². The molecule has 1 heterocycles. The second kappa shape index (κ2) is 4.23. The predicted molar refractivity (Wildman–Crippen MR) is 45.2 cm³/mol. The van der Waals surface area contributed by atoms with Crippen LogP contribution in [0.3, 0.4) is 0 Å². The van der Waals surface area contributed by atoms with Gasteiger partial charge >= 0.3 is 0 Å². The smallest absolute Gasteiger partial charge is 0.254 e. The lowest BCUT2D eigenvalue weighted by Crippen LogP contribution is -2.19. The molecule has 0 saturated carbocycles. The van der Waals surface area contributed by atoms with Crippen molar-refractivity contribution in [3.05, 3.63) is 27.9 Å². The number of hydrogen-bond acceptors (Lipinski definition) is 3. The molecule has 0 spiro atoms. The molecule has 5 heteroatoms. The molecule has 0 unspecified atom stereocenters. The molecule has 1 rings (SSSR count). The SMILES string of the molecule is O=c1cc(Cl)ncn1CCCO. The summed E-state index contributed by atoms with van der Waals surface area (Å²) >= 11 is 5.48. The minimum absolute atomic E-state index is 0.0646. The Morgan fingerprint density at radius 3 is 3.00 bits per heavy atom. The fourth-order valence-corrected chi connectivity index (χ4v) is 0.950. The fourth-order valence-electron chi connectivity index (χ4n) is 0.813. The van der Waals surface area contributed by atoms with Crippen molar-refractivity contribution in [2.24, 2.45) is 0 Å². The van der Waals surface area contributed by atoms with Crippen LogP contribution < -0.4 is 5.56 Å². The van der Waals surface area contributed by atoms with E-state index in [2.05, 4.69) is 4.98 Å². The maximum atomic E-state index is 11.1. The van der Waals surface area contributed by atoms with Crippen molar-refractivity contribution in [3.63, 3.8) is 0 Å². The first kappa shape index (κ1) is 9.22. The molecule has 0 bridgehead atoms. The third-order valence-corrected chi connectivity index (χ3v) is 1.61. The van der Waals surface area contributed by atoms with Crippen LogP contribution in [0.1, 0.15) is 6.42 Å². The van der Waals surface area contributed by atoms with Crippen LogP contribution in [0.2, 0.25) is 5.15 Å². The Labute approximate surface area is 74.4 Å². The molecule has 1 aromatic rings. The molecular formula is C7H9ClN2O2. The van der Waals surface area contributed by atoms with Crippen molar-refractivity contribution in [3.8, 4) is 0 Å². The molecule has 0 aliphatic heterocycles. The zero-order valence-electron chi connectivity index (χ0n) is 6.40. The summed E-state index contributed by atoms with van der Waals surface area (Å²) in [5.41, 5.74) is -0.191. The highest BCUT2D eigenvalue weighted by atomic mass is 35.5. The van der Waals surface area contributed by atoms with E-state index in [4.69, 9.17) is 16.7 Å². The van der Waals surface area contributed by atoms with Crippen molar-refractivity contribution >= 4 is 11.6 Å². The Kier molecular flexibility index (Phi) is 3.25. The van der Waals surface area contributed by atoms with Gasteiger partial charge in [0.2, 0.25) is 0 Å². The molecule has 0 atom stereocenters. The Balaban J connectivity index is 2.80. The molecular weight excluding hydrogens is 180 g/mol. The Morgan fingerprint density at radius 2 is 2.42 bits per heavy atom. The monoisotopic (exact) mass is 188 g/mol. The zero-order chi connectivity index (χ0) is 8.97. The minimum Gasteiger partial charge on any atom is -0.396 e. The van der Waals surface area contributed by atoms with E-state index in [-0.39, 0.29) is 17.3 Å². The van der Waals surface area contributed by atoms with E-state index in [1.807, 2.05) is 0 Å². The van der Waals surface area contributed by atoms with E-state index in [1.54, 1.807) is 0 Å². The van der Waals surface area contributed by atoms with Crippen LogP contribution >= 0.6 is 11.6 Å². The first-order chi connectivity index (χ1) is 5.74. The largest absolute Gasteiger partial charge is 0.396 e. The van der Waals surface area contributed by atoms with Gasteiger partial charge in [-0.05, 0) is 6.42 Å². The van der Waals surface area contributed by atoms with Crippen LogP contribution in [-0.4, -0.2) is 21.3 Å². The Hall–Kier alpha value is -0.870. The highest BCUT2D eigenvalue weighted by Crippen LogP contribution is 1.96. The van der Waals surface area contributed by atoms with Crippen molar-refractivity contribution in [2.45, 2.75) is 13.0 Å². The number of hydrogen-bond donors (Lipinski definition) is 1. The summed E-state index contributed by atoms with van der Waals surface area (Å²) < 4.78 is 1.40. The summed E-state index contributed by atoms with van der Waals surface area (Å²) in [6, 6.07) is 1.25. The molecule has 1 aromatic heterocycles. The third kappa shape index (κ3) is 2.32. The summed E-state index contributed by atoms with van der Waals surface area (Å²) in [4.78, 5) is 14.8. The molecule has 0 aliphatic carbocycles. The number of aryl methyl sites for hydroxylation is 1. The number of nitrogens with zero attached hydrogens (tertiary/aromatic N) is 2. The molecule has 1 N–H and O–H groups in total. The molecule has 0 fully saturated rings. The first-order valence-electron chi connectivity index (χ1n) is 3.57. The lowest BCUT2D eigenvalue weighted by atomic mass is 10.4. The van der Waals surface area contributed by atoms with Gasteiger partial charge < -0.3 is 5.11 Å². The van der Waals surface area contributed by atoms with Gasteiger partial charge in [-0.15, -0.1) is 0 Å².